The topological polar surface area (TPSA) is 40.9 Å². The molecule has 0 atom stereocenters. The molecule has 0 aromatic rings. The normalized spacial score (nSPS) is 21.1. The molecule has 6 heteroatoms. The number of rotatable bonds is 2. The molecule has 1 aliphatic carbocycles. The number of carbonyl (C=O) groups excluding carboxylic acids is 1. The molecule has 0 bridgehead atoms. The Balaban J connectivity index is 2.92. The van der Waals surface area contributed by atoms with Crippen LogP contribution in [0.5, 0.6) is 0 Å². The first-order valence-corrected chi connectivity index (χ1v) is 3.45. The Hall–Kier alpha value is -1.12. The van der Waals surface area contributed by atoms with Crippen LogP contribution in [0.3, 0.4) is 0 Å². The van der Waals surface area contributed by atoms with E-state index >= 15 is 0 Å². The highest BCUT2D eigenvalue weighted by molar-refractivity contribution is 5.87. The first-order valence-electron chi connectivity index (χ1n) is 3.45. The highest BCUT2D eigenvalue weighted by Gasteiger charge is 2.66. The summed E-state index contributed by atoms with van der Waals surface area (Å²) in [4.78, 5) is 10.4. The first kappa shape index (κ1) is 9.96. The van der Waals surface area contributed by atoms with E-state index in [0.29, 0.717) is 0 Å². The molecule has 0 amide bonds. The first-order chi connectivity index (χ1) is 5.85. The van der Waals surface area contributed by atoms with Gasteiger partial charge in [-0.3, -0.25) is 4.79 Å². The molecule has 1 fully saturated rings. The monoisotopic (exact) mass is 195 g/mol. The summed E-state index contributed by atoms with van der Waals surface area (Å²) < 4.78 is 49.1. The number of nitriles is 1. The van der Waals surface area contributed by atoms with Gasteiger partial charge in [0, 0.05) is 12.8 Å². The molecule has 0 aliphatic heterocycles. The van der Waals surface area contributed by atoms with Gasteiger partial charge in [0.1, 0.15) is 11.2 Å². The molecule has 2 nitrogen and oxygen atoms in total. The Labute approximate surface area is 71.1 Å². The quantitative estimate of drug-likeness (QED) is 0.630. The molecule has 0 N–H and O–H groups in total. The van der Waals surface area contributed by atoms with Gasteiger partial charge in [-0.15, -0.1) is 0 Å². The van der Waals surface area contributed by atoms with E-state index in [2.05, 4.69) is 0 Å². The number of hydrogen-bond donors (Lipinski definition) is 0. The van der Waals surface area contributed by atoms with Crippen molar-refractivity contribution in [2.24, 2.45) is 5.41 Å². The van der Waals surface area contributed by atoms with E-state index in [1.807, 2.05) is 0 Å². The van der Waals surface area contributed by atoms with E-state index in [1.165, 1.54) is 0 Å². The second-order valence-electron chi connectivity index (χ2n) is 3.01. The molecule has 0 spiro atoms. The van der Waals surface area contributed by atoms with Crippen LogP contribution < -0.4 is 0 Å². The van der Waals surface area contributed by atoms with Gasteiger partial charge in [-0.2, -0.15) is 14.0 Å². The van der Waals surface area contributed by atoms with Crippen molar-refractivity contribution in [3.8, 4) is 6.07 Å². The van der Waals surface area contributed by atoms with E-state index in [4.69, 9.17) is 5.26 Å². The highest BCUT2D eigenvalue weighted by atomic mass is 19.3. The smallest absolute Gasteiger partial charge is 0.300 e. The van der Waals surface area contributed by atoms with Crippen LogP contribution >= 0.6 is 0 Å². The summed E-state index contributed by atoms with van der Waals surface area (Å²) in [6.45, 7) is 0. The predicted octanol–water partition coefficient (Wildman–Crippen LogP) is 1.76. The summed E-state index contributed by atoms with van der Waals surface area (Å²) in [5.74, 6) is -4.97. The van der Waals surface area contributed by atoms with Crippen LogP contribution in [0.2, 0.25) is 0 Å². The molecule has 0 saturated heterocycles. The highest BCUT2D eigenvalue weighted by Crippen LogP contribution is 2.52. The van der Waals surface area contributed by atoms with Crippen molar-refractivity contribution in [2.45, 2.75) is 25.2 Å². The van der Waals surface area contributed by atoms with E-state index in [1.54, 1.807) is 0 Å². The fourth-order valence-corrected chi connectivity index (χ4v) is 1.22. The van der Waals surface area contributed by atoms with E-state index < -0.39 is 36.4 Å². The van der Waals surface area contributed by atoms with Crippen LogP contribution in [0.15, 0.2) is 0 Å². The molecule has 72 valence electrons. The Morgan fingerprint density at radius 1 is 1.46 bits per heavy atom. The lowest BCUT2D eigenvalue weighted by atomic mass is 9.65. The number of Topliss-reactive ketones (excluding diaryl/α,β-unsaturated/α-hetero) is 1. The molecule has 1 saturated carbocycles. The molecule has 13 heavy (non-hydrogen) atoms. The maximum atomic E-state index is 12.7. The molecule has 1 aliphatic rings. The average molecular weight is 195 g/mol. The van der Waals surface area contributed by atoms with E-state index in [9.17, 15) is 22.4 Å². The minimum absolute atomic E-state index is 0.582. The van der Waals surface area contributed by atoms with E-state index in [-0.39, 0.29) is 0 Å². The zero-order valence-electron chi connectivity index (χ0n) is 6.36. The third-order valence-corrected chi connectivity index (χ3v) is 2.12. The number of nitrogens with zero attached hydrogens (tertiary/aromatic N) is 1. The minimum atomic E-state index is -4.39. The van der Waals surface area contributed by atoms with Gasteiger partial charge in [0.2, 0.25) is 0 Å². The fourth-order valence-electron chi connectivity index (χ4n) is 1.22. The largest absolute Gasteiger partial charge is 0.326 e. The number of alkyl halides is 4. The number of hydrogen-bond acceptors (Lipinski definition) is 2. The summed E-state index contributed by atoms with van der Waals surface area (Å²) in [6.07, 6.45) is -5.46. The van der Waals surface area contributed by atoms with E-state index in [0.717, 1.165) is 6.07 Å². The van der Waals surface area contributed by atoms with Gasteiger partial charge in [0.25, 0.3) is 0 Å². The van der Waals surface area contributed by atoms with Crippen LogP contribution in [0.4, 0.5) is 17.6 Å². The molecule has 0 unspecified atom stereocenters. The molecule has 0 aromatic carbocycles. The summed E-state index contributed by atoms with van der Waals surface area (Å²) >= 11 is 0. The standard InChI is InChI=1S/C7H5F4NO/c8-5(9)7(10,11)6(3-12)1-4(13)2-6/h5H,1-2H2. The Bertz CT molecular complexity index is 273. The van der Waals surface area contributed by atoms with Crippen LogP contribution in [0.25, 0.3) is 0 Å². The van der Waals surface area contributed by atoms with Crippen molar-refractivity contribution in [1.82, 2.24) is 0 Å². The van der Waals surface area contributed by atoms with Crippen LogP contribution in [-0.2, 0) is 4.79 Å². The number of halogens is 4. The Morgan fingerprint density at radius 3 is 2.15 bits per heavy atom. The Morgan fingerprint density at radius 2 is 1.92 bits per heavy atom. The SMILES string of the molecule is N#CC1(C(F)(F)C(F)F)CC(=O)C1. The molecule has 1 rings (SSSR count). The van der Waals surface area contributed by atoms with Crippen molar-refractivity contribution in [2.75, 3.05) is 0 Å². The maximum Gasteiger partial charge on any atom is 0.326 e. The lowest BCUT2D eigenvalue weighted by molar-refractivity contribution is -0.208. The van der Waals surface area contributed by atoms with Gasteiger partial charge in [0.05, 0.1) is 6.07 Å². The van der Waals surface area contributed by atoms with Crippen molar-refractivity contribution in [1.29, 1.82) is 5.26 Å². The van der Waals surface area contributed by atoms with Gasteiger partial charge in [-0.1, -0.05) is 0 Å². The summed E-state index contributed by atoms with van der Waals surface area (Å²) in [5.41, 5.74) is -2.47. The van der Waals surface area contributed by atoms with Crippen molar-refractivity contribution in [3.63, 3.8) is 0 Å². The Kier molecular flexibility index (Phi) is 2.06. The van der Waals surface area contributed by atoms with Crippen LogP contribution in [-0.4, -0.2) is 18.1 Å². The van der Waals surface area contributed by atoms with Crippen molar-refractivity contribution >= 4 is 5.78 Å². The van der Waals surface area contributed by atoms with Crippen molar-refractivity contribution in [3.05, 3.63) is 0 Å². The predicted molar refractivity (Wildman–Crippen MR) is 33.2 cm³/mol. The molecular formula is C7H5F4NO. The van der Waals surface area contributed by atoms with Gasteiger partial charge >= 0.3 is 12.3 Å². The maximum absolute atomic E-state index is 12.7. The van der Waals surface area contributed by atoms with Gasteiger partial charge < -0.3 is 0 Å². The summed E-state index contributed by atoms with van der Waals surface area (Å²) in [6, 6.07) is 1.12. The zero-order valence-corrected chi connectivity index (χ0v) is 6.36. The molecular weight excluding hydrogens is 190 g/mol. The second-order valence-corrected chi connectivity index (χ2v) is 3.01. The second kappa shape index (κ2) is 2.69. The average Bonchev–Trinajstić information content (AvgIpc) is 1.97. The lowest BCUT2D eigenvalue weighted by Crippen LogP contribution is -2.54. The van der Waals surface area contributed by atoms with Gasteiger partial charge in [-0.25, -0.2) is 8.78 Å². The zero-order chi connectivity index (χ0) is 10.3. The van der Waals surface area contributed by atoms with Crippen molar-refractivity contribution < 1.29 is 22.4 Å². The number of ketones is 1. The lowest BCUT2D eigenvalue weighted by Gasteiger charge is -2.39. The molecule has 0 heterocycles. The van der Waals surface area contributed by atoms with Crippen LogP contribution in [0, 0.1) is 16.7 Å². The minimum Gasteiger partial charge on any atom is -0.300 e. The number of carbonyl (C=O) groups is 1. The fraction of sp³-hybridized carbons (Fsp3) is 0.714. The third kappa shape index (κ3) is 1.19. The van der Waals surface area contributed by atoms with Gasteiger partial charge in [0.15, 0.2) is 0 Å². The summed E-state index contributed by atoms with van der Waals surface area (Å²) in [5, 5.41) is 8.32. The molecule has 0 aromatic heterocycles. The summed E-state index contributed by atoms with van der Waals surface area (Å²) in [7, 11) is 0. The third-order valence-electron chi connectivity index (χ3n) is 2.12. The van der Waals surface area contributed by atoms with Gasteiger partial charge in [-0.05, 0) is 0 Å². The molecule has 0 radical (unpaired) electrons. The van der Waals surface area contributed by atoms with Crippen LogP contribution in [0.1, 0.15) is 12.8 Å².